The Bertz CT molecular complexity index is 147. The van der Waals surface area contributed by atoms with Crippen molar-refractivity contribution in [2.75, 3.05) is 0 Å². The first-order valence-electron chi connectivity index (χ1n) is 2.39. The van der Waals surface area contributed by atoms with Crippen LogP contribution in [0.15, 0.2) is 23.2 Å². The molecule has 1 heterocycles. The van der Waals surface area contributed by atoms with Gasteiger partial charge in [0.15, 0.2) is 0 Å². The summed E-state index contributed by atoms with van der Waals surface area (Å²) in [4.78, 5) is 4.78. The van der Waals surface area contributed by atoms with Gasteiger partial charge in [-0.25, -0.2) is 0 Å². The second-order valence-corrected chi connectivity index (χ2v) is 2.11. The van der Waals surface area contributed by atoms with E-state index >= 15 is 0 Å². The largest absolute Gasteiger partial charge is 0.778 e. The van der Waals surface area contributed by atoms with Gasteiger partial charge in [-0.15, -0.1) is 0 Å². The van der Waals surface area contributed by atoms with Crippen molar-refractivity contribution in [1.82, 2.24) is 4.98 Å². The summed E-state index contributed by atoms with van der Waals surface area (Å²) in [5.74, 6) is 0. The Morgan fingerprint density at radius 2 is 2.25 bits per heavy atom. The normalized spacial score (nSPS) is 9.12. The van der Waals surface area contributed by atoms with Crippen molar-refractivity contribution in [3.63, 3.8) is 0 Å². The number of aromatic nitrogens is 1. The molecule has 0 bridgehead atoms. The highest BCUT2D eigenvalue weighted by Gasteiger charge is 1.76. The van der Waals surface area contributed by atoms with E-state index in [0.717, 1.165) is 10.6 Å². The van der Waals surface area contributed by atoms with Gasteiger partial charge in [-0.1, -0.05) is 6.07 Å². The second kappa shape index (κ2) is 2.09. The minimum Gasteiger partial charge on any atom is -0.778 e. The highest BCUT2D eigenvalue weighted by Crippen LogP contribution is 1.95. The first-order chi connectivity index (χ1) is 3.79. The van der Waals surface area contributed by atoms with Gasteiger partial charge in [-0.2, -0.15) is 4.90 Å². The molecule has 0 aliphatic rings. The molecule has 0 amide bonds. The zero-order valence-corrected chi connectivity index (χ0v) is 5.40. The Balaban J connectivity index is 3.03. The summed E-state index contributed by atoms with van der Waals surface area (Å²) in [5, 5.41) is 0. The summed E-state index contributed by atoms with van der Waals surface area (Å²) in [6, 6.07) is 3.78. The standard InChI is InChI=1S/C6H7NS/c1-5-2-3-6(8)4-7-5/h2-4,8H,1H3/p-1. The van der Waals surface area contributed by atoms with Gasteiger partial charge >= 0.3 is 0 Å². The molecule has 0 spiro atoms. The van der Waals surface area contributed by atoms with Crippen molar-refractivity contribution in [3.8, 4) is 0 Å². The summed E-state index contributed by atoms with van der Waals surface area (Å²) in [5.41, 5.74) is 1.01. The lowest BCUT2D eigenvalue weighted by molar-refractivity contribution is 1.15. The molecule has 0 radical (unpaired) electrons. The van der Waals surface area contributed by atoms with E-state index in [1.165, 1.54) is 0 Å². The molecule has 0 saturated heterocycles. The molecule has 2 heteroatoms. The van der Waals surface area contributed by atoms with Crippen LogP contribution in [0.25, 0.3) is 0 Å². The van der Waals surface area contributed by atoms with Crippen LogP contribution in [0.2, 0.25) is 0 Å². The van der Waals surface area contributed by atoms with Crippen molar-refractivity contribution in [3.05, 3.63) is 24.0 Å². The van der Waals surface area contributed by atoms with Gasteiger partial charge in [0.1, 0.15) is 0 Å². The van der Waals surface area contributed by atoms with E-state index in [2.05, 4.69) is 4.98 Å². The number of aryl methyl sites for hydroxylation is 1. The van der Waals surface area contributed by atoms with Crippen LogP contribution in [0.1, 0.15) is 5.69 Å². The number of rotatable bonds is 0. The van der Waals surface area contributed by atoms with Crippen molar-refractivity contribution in [1.29, 1.82) is 0 Å². The Morgan fingerprint density at radius 1 is 1.50 bits per heavy atom. The van der Waals surface area contributed by atoms with Crippen LogP contribution < -0.4 is 0 Å². The van der Waals surface area contributed by atoms with E-state index in [0.29, 0.717) is 0 Å². The van der Waals surface area contributed by atoms with Crippen LogP contribution in [0.5, 0.6) is 0 Å². The molecule has 8 heavy (non-hydrogen) atoms. The molecule has 0 aliphatic heterocycles. The number of nitrogens with zero attached hydrogens (tertiary/aromatic N) is 1. The molecule has 1 nitrogen and oxygen atoms in total. The third kappa shape index (κ3) is 1.17. The minimum absolute atomic E-state index is 0.801. The van der Waals surface area contributed by atoms with Crippen molar-refractivity contribution >= 4 is 12.6 Å². The summed E-state index contributed by atoms with van der Waals surface area (Å²) < 4.78 is 0. The Hall–Kier alpha value is -0.630. The first kappa shape index (κ1) is 5.51. The summed E-state index contributed by atoms with van der Waals surface area (Å²) in [6.07, 6.45) is 1.69. The van der Waals surface area contributed by atoms with Crippen LogP contribution in [0.4, 0.5) is 0 Å². The van der Waals surface area contributed by atoms with Crippen molar-refractivity contribution < 1.29 is 0 Å². The van der Waals surface area contributed by atoms with Crippen LogP contribution in [-0.2, 0) is 12.6 Å². The van der Waals surface area contributed by atoms with Crippen LogP contribution >= 0.6 is 0 Å². The Kier molecular flexibility index (Phi) is 1.44. The number of hydrogen-bond donors (Lipinski definition) is 0. The zero-order chi connectivity index (χ0) is 5.98. The topological polar surface area (TPSA) is 12.9 Å². The fourth-order valence-electron chi connectivity index (χ4n) is 0.454. The van der Waals surface area contributed by atoms with Crippen LogP contribution in [0, 0.1) is 6.92 Å². The molecule has 1 aromatic rings. The molecule has 0 fully saturated rings. The zero-order valence-electron chi connectivity index (χ0n) is 4.59. The summed E-state index contributed by atoms with van der Waals surface area (Å²) >= 11 is 4.81. The van der Waals surface area contributed by atoms with E-state index in [1.807, 2.05) is 19.1 Å². The molecule has 0 atom stereocenters. The average Bonchev–Trinajstić information content (AvgIpc) is 1.77. The number of pyridine rings is 1. The Morgan fingerprint density at radius 3 is 2.62 bits per heavy atom. The van der Waals surface area contributed by atoms with Crippen LogP contribution in [-0.4, -0.2) is 4.98 Å². The van der Waals surface area contributed by atoms with Crippen molar-refractivity contribution in [2.24, 2.45) is 0 Å². The van der Waals surface area contributed by atoms with Gasteiger partial charge in [-0.3, -0.25) is 4.98 Å². The van der Waals surface area contributed by atoms with E-state index in [-0.39, 0.29) is 0 Å². The minimum atomic E-state index is 0.801. The molecule has 0 N–H and O–H groups in total. The molecule has 1 rings (SSSR count). The Labute approximate surface area is 54.2 Å². The smallest absolute Gasteiger partial charge is 0.0371 e. The lowest BCUT2D eigenvalue weighted by Crippen LogP contribution is -1.77. The summed E-state index contributed by atoms with van der Waals surface area (Å²) in [6.45, 7) is 1.94. The molecule has 0 saturated carbocycles. The van der Waals surface area contributed by atoms with Gasteiger partial charge in [0.25, 0.3) is 0 Å². The van der Waals surface area contributed by atoms with Gasteiger partial charge in [0, 0.05) is 11.9 Å². The molecule has 0 unspecified atom stereocenters. The third-order valence-electron chi connectivity index (χ3n) is 0.884. The lowest BCUT2D eigenvalue weighted by atomic mass is 10.4. The number of hydrogen-bond acceptors (Lipinski definition) is 2. The van der Waals surface area contributed by atoms with Gasteiger partial charge in [0.2, 0.25) is 0 Å². The second-order valence-electron chi connectivity index (χ2n) is 1.64. The molecule has 42 valence electrons. The van der Waals surface area contributed by atoms with Gasteiger partial charge in [-0.05, 0) is 13.0 Å². The highest BCUT2D eigenvalue weighted by atomic mass is 32.1. The first-order valence-corrected chi connectivity index (χ1v) is 2.79. The average molecular weight is 124 g/mol. The van der Waals surface area contributed by atoms with E-state index < -0.39 is 0 Å². The molecular weight excluding hydrogens is 118 g/mol. The molecular formula is C6H6NS-. The van der Waals surface area contributed by atoms with Crippen LogP contribution in [0.3, 0.4) is 0 Å². The highest BCUT2D eigenvalue weighted by molar-refractivity contribution is 7.58. The predicted octanol–water partition coefficient (Wildman–Crippen LogP) is 1.30. The third-order valence-corrected chi connectivity index (χ3v) is 1.13. The lowest BCUT2D eigenvalue weighted by Gasteiger charge is -2.00. The summed E-state index contributed by atoms with van der Waals surface area (Å²) in [7, 11) is 0. The van der Waals surface area contributed by atoms with Gasteiger partial charge < -0.3 is 12.6 Å². The maximum absolute atomic E-state index is 4.81. The fraction of sp³-hybridized carbons (Fsp3) is 0.167. The maximum atomic E-state index is 4.81. The van der Waals surface area contributed by atoms with E-state index in [1.54, 1.807) is 6.20 Å². The molecule has 0 aromatic carbocycles. The predicted molar refractivity (Wildman–Crippen MR) is 34.6 cm³/mol. The molecule has 0 aliphatic carbocycles. The van der Waals surface area contributed by atoms with E-state index in [4.69, 9.17) is 12.6 Å². The quantitative estimate of drug-likeness (QED) is 0.483. The SMILES string of the molecule is Cc1ccc([S-])cn1. The fourth-order valence-corrected chi connectivity index (χ4v) is 0.575. The maximum Gasteiger partial charge on any atom is 0.0371 e. The van der Waals surface area contributed by atoms with Gasteiger partial charge in [0.05, 0.1) is 0 Å². The van der Waals surface area contributed by atoms with Crippen molar-refractivity contribution in [2.45, 2.75) is 11.8 Å². The molecule has 1 aromatic heterocycles. The van der Waals surface area contributed by atoms with E-state index in [9.17, 15) is 0 Å². The monoisotopic (exact) mass is 124 g/mol.